The van der Waals surface area contributed by atoms with Gasteiger partial charge in [-0.1, -0.05) is 51.5 Å². The summed E-state index contributed by atoms with van der Waals surface area (Å²) in [6.07, 6.45) is 1.66. The van der Waals surface area contributed by atoms with Gasteiger partial charge in [0.2, 0.25) is 11.8 Å². The van der Waals surface area contributed by atoms with Gasteiger partial charge in [0.05, 0.1) is 0 Å². The largest absolute Gasteiger partial charge is 0.368 e. The van der Waals surface area contributed by atoms with E-state index in [9.17, 15) is 18.9 Å². The smallest absolute Gasteiger partial charge is 0.240 e. The van der Waals surface area contributed by atoms with Crippen LogP contribution in [0.25, 0.3) is 0 Å². The van der Waals surface area contributed by atoms with E-state index in [1.165, 1.54) is 18.9 Å². The summed E-state index contributed by atoms with van der Waals surface area (Å²) in [6, 6.07) is 4.66. The van der Waals surface area contributed by atoms with E-state index in [2.05, 4.69) is 19.2 Å². The molecule has 0 radical (unpaired) electrons. The molecular weight excluding hydrogens is 325 g/mol. The Morgan fingerprint density at radius 2 is 1.60 bits per heavy atom. The number of Topliss-reactive ketones (excluding diaryl/α,β-unsaturated/α-hetero) is 1. The third kappa shape index (κ3) is 8.39. The van der Waals surface area contributed by atoms with Crippen LogP contribution in [-0.2, 0) is 16.0 Å². The molecule has 2 amide bonds. The Bertz CT molecular complexity index is 557. The molecule has 0 heterocycles. The second-order valence-corrected chi connectivity index (χ2v) is 5.70. The number of hydrogen-bond acceptors (Lipinski definition) is 4. The van der Waals surface area contributed by atoms with Crippen LogP contribution in [0.5, 0.6) is 0 Å². The van der Waals surface area contributed by atoms with E-state index in [0.29, 0.717) is 5.56 Å². The van der Waals surface area contributed by atoms with Gasteiger partial charge in [-0.15, -0.1) is 10.0 Å². The van der Waals surface area contributed by atoms with Gasteiger partial charge >= 0.3 is 0 Å². The topological polar surface area (TPSA) is 101 Å². The first-order valence-electron chi connectivity index (χ1n) is 8.36. The van der Waals surface area contributed by atoms with Crippen molar-refractivity contribution in [2.45, 2.75) is 59.0 Å². The Hall–Kier alpha value is -2.28. The number of amides is 2. The molecule has 25 heavy (non-hydrogen) atoms. The van der Waals surface area contributed by atoms with Crippen LogP contribution in [0.1, 0.15) is 56.5 Å². The number of ketones is 1. The van der Waals surface area contributed by atoms with Crippen molar-refractivity contribution in [2.24, 2.45) is 5.73 Å². The first-order chi connectivity index (χ1) is 11.8. The third-order valence-corrected chi connectivity index (χ3v) is 3.32. The summed E-state index contributed by atoms with van der Waals surface area (Å²) in [7, 11) is 0. The zero-order chi connectivity index (χ0) is 19.4. The van der Waals surface area contributed by atoms with Gasteiger partial charge in [0.15, 0.2) is 5.78 Å². The molecule has 140 valence electrons. The molecule has 0 spiro atoms. The highest BCUT2D eigenvalue weighted by molar-refractivity contribution is 5.94. The zero-order valence-electron chi connectivity index (χ0n) is 15.3. The maximum absolute atomic E-state index is 12.4. The molecule has 2 atom stereocenters. The number of hydrogen-bond donors (Lipinski definition) is 3. The summed E-state index contributed by atoms with van der Waals surface area (Å²) in [5.41, 5.74) is 7.93. The van der Waals surface area contributed by atoms with Gasteiger partial charge in [0, 0.05) is 12.0 Å². The number of carbonyl (C=O) groups excluding carboxylic acids is 3. The van der Waals surface area contributed by atoms with E-state index in [0.717, 1.165) is 5.56 Å². The van der Waals surface area contributed by atoms with Gasteiger partial charge in [-0.25, -0.2) is 0 Å². The van der Waals surface area contributed by atoms with E-state index < -0.39 is 23.9 Å². The summed E-state index contributed by atoms with van der Waals surface area (Å²) in [5.74, 6) is -1.40. The molecule has 0 bridgehead atoms. The quantitative estimate of drug-likeness (QED) is 0.492. The molecule has 4 N–H and O–H groups in total. The van der Waals surface area contributed by atoms with Crippen molar-refractivity contribution in [2.75, 3.05) is 0 Å². The summed E-state index contributed by atoms with van der Waals surface area (Å²) in [5, 5.41) is 2.42. The molecule has 0 aliphatic carbocycles. The van der Waals surface area contributed by atoms with Crippen molar-refractivity contribution in [3.63, 3.8) is 0 Å². The van der Waals surface area contributed by atoms with Crippen molar-refractivity contribution in [3.05, 3.63) is 35.4 Å². The number of primary amides is 1. The van der Waals surface area contributed by atoms with Crippen molar-refractivity contribution in [1.82, 2.24) is 10.9 Å². The highest BCUT2D eigenvalue weighted by Gasteiger charge is 2.23. The zero-order valence-corrected chi connectivity index (χ0v) is 15.3. The molecule has 0 aliphatic rings. The van der Waals surface area contributed by atoms with Crippen molar-refractivity contribution >= 4 is 17.6 Å². The lowest BCUT2D eigenvalue weighted by molar-refractivity contribution is -0.129. The third-order valence-electron chi connectivity index (χ3n) is 3.32. The molecule has 1 aromatic rings. The lowest BCUT2D eigenvalue weighted by Crippen LogP contribution is -2.51. The number of benzene rings is 1. The Labute approximate surface area is 148 Å². The van der Waals surface area contributed by atoms with Crippen molar-refractivity contribution in [1.29, 1.82) is 0 Å². The molecule has 0 aromatic heterocycles. The van der Waals surface area contributed by atoms with E-state index in [4.69, 9.17) is 5.73 Å². The van der Waals surface area contributed by atoms with Gasteiger partial charge in [0.25, 0.3) is 0 Å². The van der Waals surface area contributed by atoms with Crippen LogP contribution in [-0.4, -0.2) is 29.7 Å². The van der Waals surface area contributed by atoms with Crippen LogP contribution in [0, 0.1) is 0 Å². The first kappa shape index (κ1) is 22.7. The standard InChI is InChI=1S/C15H20FN3O3.C3H8/c1-3-12(19-16)15(22)18-13(14(17)21)8-10-4-6-11(7-5-10)9(2)20;1-3-2/h4-7,12-13,19H,3,8H2,1-2H3,(H2,17,21)(H,18,22);3H2,1-2H3/t12-,13+;/m1./s1. The normalized spacial score (nSPS) is 12.4. The fraction of sp³-hybridized carbons (Fsp3) is 0.500. The van der Waals surface area contributed by atoms with Crippen LogP contribution in [0.4, 0.5) is 4.48 Å². The molecule has 1 aromatic carbocycles. The summed E-state index contributed by atoms with van der Waals surface area (Å²) in [4.78, 5) is 34.4. The average molecular weight is 353 g/mol. The molecule has 0 saturated heterocycles. The van der Waals surface area contributed by atoms with Crippen LogP contribution in [0.15, 0.2) is 24.3 Å². The van der Waals surface area contributed by atoms with Crippen LogP contribution >= 0.6 is 0 Å². The van der Waals surface area contributed by atoms with Crippen LogP contribution < -0.4 is 16.6 Å². The van der Waals surface area contributed by atoms with Gasteiger partial charge in [-0.2, -0.15) is 0 Å². The number of nitrogens with one attached hydrogen (secondary N) is 2. The van der Waals surface area contributed by atoms with Gasteiger partial charge in [-0.3, -0.25) is 14.4 Å². The molecule has 0 aliphatic heterocycles. The average Bonchev–Trinajstić information content (AvgIpc) is 2.56. The summed E-state index contributed by atoms with van der Waals surface area (Å²) >= 11 is 0. The van der Waals surface area contributed by atoms with E-state index >= 15 is 0 Å². The van der Waals surface area contributed by atoms with Gasteiger partial charge < -0.3 is 11.1 Å². The molecule has 1 rings (SSSR count). The maximum atomic E-state index is 12.4. The molecular formula is C18H28FN3O3. The Morgan fingerprint density at radius 1 is 1.08 bits per heavy atom. The van der Waals surface area contributed by atoms with Crippen LogP contribution in [0.3, 0.4) is 0 Å². The monoisotopic (exact) mass is 353 g/mol. The SMILES string of the molecule is CCC.CC[C@@H](NF)C(=O)N[C@@H](Cc1ccc(C(C)=O)cc1)C(N)=O. The highest BCUT2D eigenvalue weighted by atomic mass is 19.2. The Kier molecular flexibility index (Phi) is 11.0. The predicted octanol–water partition coefficient (Wildman–Crippen LogP) is 2.07. The van der Waals surface area contributed by atoms with Gasteiger partial charge in [0.1, 0.15) is 12.1 Å². The van der Waals surface area contributed by atoms with E-state index in [1.54, 1.807) is 31.2 Å². The number of carbonyl (C=O) groups is 3. The first-order valence-corrected chi connectivity index (χ1v) is 8.36. The van der Waals surface area contributed by atoms with E-state index in [-0.39, 0.29) is 18.6 Å². The fourth-order valence-electron chi connectivity index (χ4n) is 1.92. The highest BCUT2D eigenvalue weighted by Crippen LogP contribution is 2.08. The molecule has 6 nitrogen and oxygen atoms in total. The predicted molar refractivity (Wildman–Crippen MR) is 95.6 cm³/mol. The molecule has 7 heteroatoms. The van der Waals surface area contributed by atoms with Crippen molar-refractivity contribution in [3.8, 4) is 0 Å². The molecule has 0 unspecified atom stereocenters. The number of halogens is 1. The maximum Gasteiger partial charge on any atom is 0.240 e. The second kappa shape index (κ2) is 12.1. The second-order valence-electron chi connectivity index (χ2n) is 5.70. The summed E-state index contributed by atoms with van der Waals surface area (Å²) in [6.45, 7) is 7.34. The minimum atomic E-state index is -1.03. The lowest BCUT2D eigenvalue weighted by Gasteiger charge is -2.18. The lowest BCUT2D eigenvalue weighted by atomic mass is 10.0. The summed E-state index contributed by atoms with van der Waals surface area (Å²) < 4.78 is 12.4. The van der Waals surface area contributed by atoms with Crippen LogP contribution in [0.2, 0.25) is 0 Å². The Morgan fingerprint density at radius 3 is 1.96 bits per heavy atom. The number of rotatable bonds is 8. The van der Waals surface area contributed by atoms with Gasteiger partial charge in [-0.05, 0) is 18.9 Å². The minimum absolute atomic E-state index is 0.0638. The fourth-order valence-corrected chi connectivity index (χ4v) is 1.92. The van der Waals surface area contributed by atoms with Crippen molar-refractivity contribution < 1.29 is 18.9 Å². The minimum Gasteiger partial charge on any atom is -0.368 e. The number of nitrogens with two attached hydrogens (primary N) is 1. The molecule has 0 saturated carbocycles. The van der Waals surface area contributed by atoms with E-state index in [1.807, 2.05) is 0 Å². The Balaban J connectivity index is 0.00000178. The molecule has 0 fully saturated rings.